The van der Waals surface area contributed by atoms with Crippen molar-refractivity contribution in [2.45, 2.75) is 32.2 Å². The molecule has 1 aliphatic rings. The molecule has 1 unspecified atom stereocenters. The lowest BCUT2D eigenvalue weighted by molar-refractivity contribution is 0.0677. The van der Waals surface area contributed by atoms with Gasteiger partial charge in [0.1, 0.15) is 5.76 Å². The van der Waals surface area contributed by atoms with E-state index in [-0.39, 0.29) is 11.9 Å². The first-order chi connectivity index (χ1) is 10.7. The molecule has 2 aromatic rings. The quantitative estimate of drug-likeness (QED) is 0.947. The van der Waals surface area contributed by atoms with Gasteiger partial charge in [-0.3, -0.25) is 4.79 Å². The maximum absolute atomic E-state index is 12.5. The lowest BCUT2D eigenvalue weighted by Crippen LogP contribution is -2.45. The Morgan fingerprint density at radius 3 is 2.73 bits per heavy atom. The number of carbonyl (C=O) groups excluding carboxylic acids is 1. The molecule has 1 atom stereocenters. The molecule has 1 aliphatic heterocycles. The minimum Gasteiger partial charge on any atom is -0.451 e. The van der Waals surface area contributed by atoms with Gasteiger partial charge in [-0.15, -0.1) is 0 Å². The second-order valence-corrected chi connectivity index (χ2v) is 5.87. The third-order valence-electron chi connectivity index (χ3n) is 4.21. The van der Waals surface area contributed by atoms with Gasteiger partial charge in [0.05, 0.1) is 0 Å². The molecule has 0 saturated carbocycles. The molecule has 22 heavy (non-hydrogen) atoms. The number of benzene rings is 1. The maximum atomic E-state index is 12.5. The SMILES string of the molecule is CCc1ccc(-c2ccc(C(=O)N3CCCC(N)C3)o2)cc1. The number of hydrogen-bond donors (Lipinski definition) is 1. The smallest absolute Gasteiger partial charge is 0.289 e. The van der Waals surface area contributed by atoms with Crippen LogP contribution in [0.1, 0.15) is 35.9 Å². The highest BCUT2D eigenvalue weighted by Gasteiger charge is 2.24. The standard InChI is InChI=1S/C18H22N2O2/c1-2-13-5-7-14(8-6-13)16-9-10-17(22-16)18(21)20-11-3-4-15(19)12-20/h5-10,15H,2-4,11-12,19H2,1H3. The lowest BCUT2D eigenvalue weighted by atomic mass is 10.1. The van der Waals surface area contributed by atoms with E-state index in [0.29, 0.717) is 12.3 Å². The Morgan fingerprint density at radius 1 is 1.27 bits per heavy atom. The molecule has 1 fully saturated rings. The second-order valence-electron chi connectivity index (χ2n) is 5.87. The number of piperidine rings is 1. The van der Waals surface area contributed by atoms with E-state index < -0.39 is 0 Å². The van der Waals surface area contributed by atoms with Crippen LogP contribution in [0.25, 0.3) is 11.3 Å². The van der Waals surface area contributed by atoms with Crippen molar-refractivity contribution >= 4 is 5.91 Å². The fraction of sp³-hybridized carbons (Fsp3) is 0.389. The van der Waals surface area contributed by atoms with E-state index >= 15 is 0 Å². The van der Waals surface area contributed by atoms with Crippen LogP contribution in [0.3, 0.4) is 0 Å². The van der Waals surface area contributed by atoms with Gasteiger partial charge in [0, 0.05) is 24.7 Å². The van der Waals surface area contributed by atoms with Gasteiger partial charge < -0.3 is 15.1 Å². The highest BCUT2D eigenvalue weighted by molar-refractivity contribution is 5.92. The summed E-state index contributed by atoms with van der Waals surface area (Å²) in [7, 11) is 0. The second kappa shape index (κ2) is 6.36. The molecule has 3 rings (SSSR count). The first kappa shape index (κ1) is 14.9. The van der Waals surface area contributed by atoms with E-state index in [0.717, 1.165) is 37.1 Å². The number of hydrogen-bond acceptors (Lipinski definition) is 3. The Bertz CT molecular complexity index is 645. The highest BCUT2D eigenvalue weighted by Crippen LogP contribution is 2.24. The molecule has 4 heteroatoms. The topological polar surface area (TPSA) is 59.5 Å². The monoisotopic (exact) mass is 298 g/mol. The molecule has 116 valence electrons. The van der Waals surface area contributed by atoms with Gasteiger partial charge >= 0.3 is 0 Å². The normalized spacial score (nSPS) is 18.5. The van der Waals surface area contributed by atoms with Crippen molar-refractivity contribution in [3.8, 4) is 11.3 Å². The number of likely N-dealkylation sites (tertiary alicyclic amines) is 1. The molecular weight excluding hydrogens is 276 g/mol. The van der Waals surface area contributed by atoms with Gasteiger partial charge in [-0.05, 0) is 37.0 Å². The Hall–Kier alpha value is -2.07. The number of rotatable bonds is 3. The first-order valence-electron chi connectivity index (χ1n) is 7.91. The summed E-state index contributed by atoms with van der Waals surface area (Å²) in [6, 6.07) is 11.9. The van der Waals surface area contributed by atoms with Crippen LogP contribution in [0.4, 0.5) is 0 Å². The van der Waals surface area contributed by atoms with Gasteiger partial charge in [0.25, 0.3) is 5.91 Å². The van der Waals surface area contributed by atoms with Gasteiger partial charge in [-0.2, -0.15) is 0 Å². The summed E-state index contributed by atoms with van der Waals surface area (Å²) < 4.78 is 5.76. The predicted octanol–water partition coefficient (Wildman–Crippen LogP) is 3.07. The van der Waals surface area contributed by atoms with Crippen LogP contribution in [0, 0.1) is 0 Å². The molecule has 2 heterocycles. The molecule has 4 nitrogen and oxygen atoms in total. The zero-order chi connectivity index (χ0) is 15.5. The summed E-state index contributed by atoms with van der Waals surface area (Å²) in [6.07, 6.45) is 2.95. The zero-order valence-corrected chi connectivity index (χ0v) is 12.9. The summed E-state index contributed by atoms with van der Waals surface area (Å²) >= 11 is 0. The Labute approximate surface area is 130 Å². The van der Waals surface area contributed by atoms with Crippen LogP contribution in [0.5, 0.6) is 0 Å². The first-order valence-corrected chi connectivity index (χ1v) is 7.91. The van der Waals surface area contributed by atoms with Crippen molar-refractivity contribution < 1.29 is 9.21 Å². The van der Waals surface area contributed by atoms with E-state index in [1.807, 2.05) is 18.2 Å². The fourth-order valence-electron chi connectivity index (χ4n) is 2.86. The number of nitrogens with two attached hydrogens (primary N) is 1. The average molecular weight is 298 g/mol. The van der Waals surface area contributed by atoms with Crippen molar-refractivity contribution in [3.63, 3.8) is 0 Å². The number of nitrogens with zero attached hydrogens (tertiary/aromatic N) is 1. The molecule has 0 spiro atoms. The Balaban J connectivity index is 1.76. The molecule has 1 saturated heterocycles. The zero-order valence-electron chi connectivity index (χ0n) is 12.9. The summed E-state index contributed by atoms with van der Waals surface area (Å²) in [4.78, 5) is 14.3. The van der Waals surface area contributed by atoms with E-state index in [2.05, 4.69) is 19.1 Å². The molecule has 2 N–H and O–H groups in total. The maximum Gasteiger partial charge on any atom is 0.289 e. The Morgan fingerprint density at radius 2 is 2.05 bits per heavy atom. The van der Waals surface area contributed by atoms with Crippen molar-refractivity contribution in [1.29, 1.82) is 0 Å². The van der Waals surface area contributed by atoms with Crippen molar-refractivity contribution in [2.75, 3.05) is 13.1 Å². The number of amides is 1. The molecule has 1 aromatic carbocycles. The van der Waals surface area contributed by atoms with E-state index in [1.54, 1.807) is 11.0 Å². The molecule has 1 amide bonds. The predicted molar refractivity (Wildman–Crippen MR) is 86.6 cm³/mol. The van der Waals surface area contributed by atoms with Gasteiger partial charge in [0.15, 0.2) is 5.76 Å². The third-order valence-corrected chi connectivity index (χ3v) is 4.21. The molecule has 0 bridgehead atoms. The number of furan rings is 1. The van der Waals surface area contributed by atoms with Gasteiger partial charge in [-0.25, -0.2) is 0 Å². The minimum absolute atomic E-state index is 0.0634. The highest BCUT2D eigenvalue weighted by atomic mass is 16.4. The van der Waals surface area contributed by atoms with Crippen LogP contribution >= 0.6 is 0 Å². The lowest BCUT2D eigenvalue weighted by Gasteiger charge is -2.30. The van der Waals surface area contributed by atoms with Crippen LogP contribution in [0.2, 0.25) is 0 Å². The fourth-order valence-corrected chi connectivity index (χ4v) is 2.86. The van der Waals surface area contributed by atoms with E-state index in [1.165, 1.54) is 5.56 Å². The average Bonchev–Trinajstić information content (AvgIpc) is 3.04. The van der Waals surface area contributed by atoms with Crippen molar-refractivity contribution in [2.24, 2.45) is 5.73 Å². The molecular formula is C18H22N2O2. The van der Waals surface area contributed by atoms with Crippen molar-refractivity contribution in [1.82, 2.24) is 4.90 Å². The summed E-state index contributed by atoms with van der Waals surface area (Å²) in [5, 5.41) is 0. The minimum atomic E-state index is -0.0634. The molecule has 0 aliphatic carbocycles. The summed E-state index contributed by atoms with van der Waals surface area (Å²) in [5.74, 6) is 1.06. The molecule has 1 aromatic heterocycles. The summed E-state index contributed by atoms with van der Waals surface area (Å²) in [6.45, 7) is 3.50. The van der Waals surface area contributed by atoms with Crippen LogP contribution < -0.4 is 5.73 Å². The number of aryl methyl sites for hydroxylation is 1. The number of carbonyl (C=O) groups is 1. The largest absolute Gasteiger partial charge is 0.451 e. The van der Waals surface area contributed by atoms with E-state index in [9.17, 15) is 4.79 Å². The van der Waals surface area contributed by atoms with Crippen molar-refractivity contribution in [3.05, 3.63) is 47.7 Å². The van der Waals surface area contributed by atoms with E-state index in [4.69, 9.17) is 10.2 Å². The summed E-state index contributed by atoms with van der Waals surface area (Å²) in [5.41, 5.74) is 8.22. The van der Waals surface area contributed by atoms with Crippen LogP contribution in [-0.4, -0.2) is 29.9 Å². The molecule has 0 radical (unpaired) electrons. The van der Waals surface area contributed by atoms with Crippen LogP contribution in [-0.2, 0) is 6.42 Å². The van der Waals surface area contributed by atoms with Gasteiger partial charge in [-0.1, -0.05) is 31.2 Å². The Kier molecular flexibility index (Phi) is 4.29. The third kappa shape index (κ3) is 3.07. The van der Waals surface area contributed by atoms with Gasteiger partial charge in [0.2, 0.25) is 0 Å². The van der Waals surface area contributed by atoms with Crippen LogP contribution in [0.15, 0.2) is 40.8 Å².